The van der Waals surface area contributed by atoms with Crippen molar-refractivity contribution >= 4 is 18.1 Å². The molecule has 3 rings (SSSR count). The highest BCUT2D eigenvalue weighted by Gasteiger charge is 2.25. The highest BCUT2D eigenvalue weighted by Crippen LogP contribution is 2.29. The van der Waals surface area contributed by atoms with Gasteiger partial charge < -0.3 is 9.73 Å². The molecule has 0 saturated heterocycles. The number of amides is 1. The minimum atomic E-state index is -0.0381. The zero-order chi connectivity index (χ0) is 14.8. The van der Waals surface area contributed by atoms with Gasteiger partial charge in [0.15, 0.2) is 0 Å². The van der Waals surface area contributed by atoms with Crippen LogP contribution < -0.4 is 5.32 Å². The molecule has 1 aromatic carbocycles. The van der Waals surface area contributed by atoms with Crippen molar-refractivity contribution in [2.24, 2.45) is 5.92 Å². The number of carbonyl (C=O) groups is 1. The van der Waals surface area contributed by atoms with E-state index in [1.807, 2.05) is 0 Å². The molecule has 1 aliphatic carbocycles. The maximum absolute atomic E-state index is 12.2. The van der Waals surface area contributed by atoms with Gasteiger partial charge in [-0.15, -0.1) is 5.10 Å². The lowest BCUT2D eigenvalue weighted by molar-refractivity contribution is 0.0909. The zero-order valence-electron chi connectivity index (χ0n) is 11.8. The summed E-state index contributed by atoms with van der Waals surface area (Å²) < 4.78 is 5.24. The van der Waals surface area contributed by atoms with E-state index in [-0.39, 0.29) is 16.8 Å². The molecule has 2 aromatic rings. The fourth-order valence-electron chi connectivity index (χ4n) is 2.47. The van der Waals surface area contributed by atoms with E-state index in [0.717, 1.165) is 5.56 Å². The van der Waals surface area contributed by atoms with E-state index in [2.05, 4.69) is 22.4 Å². The molecule has 21 heavy (non-hydrogen) atoms. The van der Waals surface area contributed by atoms with Crippen LogP contribution in [0.4, 0.5) is 0 Å². The first-order valence-corrected chi connectivity index (χ1v) is 7.51. The lowest BCUT2D eigenvalue weighted by Gasteiger charge is -2.31. The lowest BCUT2D eigenvalue weighted by Crippen LogP contribution is -2.40. The lowest BCUT2D eigenvalue weighted by atomic mass is 9.80. The monoisotopic (exact) mass is 303 g/mol. The molecule has 1 amide bonds. The topological polar surface area (TPSA) is 70.9 Å². The second-order valence-corrected chi connectivity index (χ2v) is 5.82. The van der Waals surface area contributed by atoms with Gasteiger partial charge in [-0.05, 0) is 62.2 Å². The summed E-state index contributed by atoms with van der Waals surface area (Å²) in [7, 11) is 0. The smallest absolute Gasteiger partial charge is 0.284 e. The average molecular weight is 303 g/mol. The Kier molecular flexibility index (Phi) is 3.88. The minimum Gasteiger partial charge on any atom is -0.409 e. The van der Waals surface area contributed by atoms with E-state index in [4.69, 9.17) is 16.6 Å². The quantitative estimate of drug-likeness (QED) is 0.850. The van der Waals surface area contributed by atoms with E-state index >= 15 is 0 Å². The molecule has 1 aromatic heterocycles. The molecule has 110 valence electrons. The molecule has 1 fully saturated rings. The molecule has 2 N–H and O–H groups in total. The molecule has 1 heterocycles. The van der Waals surface area contributed by atoms with E-state index in [1.54, 1.807) is 24.3 Å². The summed E-state index contributed by atoms with van der Waals surface area (Å²) in [6.45, 7) is 2.07. The fourth-order valence-corrected chi connectivity index (χ4v) is 2.59. The predicted octanol–water partition coefficient (Wildman–Crippen LogP) is 3.32. The number of H-pyrrole nitrogens is 1. The third-order valence-corrected chi connectivity index (χ3v) is 4.22. The van der Waals surface area contributed by atoms with Gasteiger partial charge in [0.25, 0.3) is 10.7 Å². The van der Waals surface area contributed by atoms with Crippen LogP contribution in [0.15, 0.2) is 28.7 Å². The molecule has 1 aliphatic rings. The summed E-state index contributed by atoms with van der Waals surface area (Å²) in [5, 5.41) is 9.59. The van der Waals surface area contributed by atoms with Crippen molar-refractivity contribution in [1.29, 1.82) is 0 Å². The summed E-state index contributed by atoms with van der Waals surface area (Å²) >= 11 is 4.84. The number of nitrogens with one attached hydrogen (secondary N) is 2. The Balaban J connectivity index is 1.68. The van der Waals surface area contributed by atoms with Gasteiger partial charge in [-0.3, -0.25) is 4.79 Å². The Labute approximate surface area is 127 Å². The molecule has 0 unspecified atom stereocenters. The molecule has 0 aliphatic heterocycles. The van der Waals surface area contributed by atoms with Gasteiger partial charge in [0.2, 0.25) is 5.89 Å². The van der Waals surface area contributed by atoms with Crippen molar-refractivity contribution in [3.8, 4) is 11.5 Å². The SMILES string of the molecule is C[C@@H](NC(=O)c1ccc(-c2n[nH]c(=S)o2)cc1)C1CCC1. The number of aromatic nitrogens is 2. The van der Waals surface area contributed by atoms with Crippen molar-refractivity contribution in [3.05, 3.63) is 34.7 Å². The summed E-state index contributed by atoms with van der Waals surface area (Å²) in [6.07, 6.45) is 3.70. The van der Waals surface area contributed by atoms with Crippen molar-refractivity contribution in [2.75, 3.05) is 0 Å². The van der Waals surface area contributed by atoms with Crippen molar-refractivity contribution in [2.45, 2.75) is 32.2 Å². The molecule has 5 nitrogen and oxygen atoms in total. The Hall–Kier alpha value is -1.95. The third kappa shape index (κ3) is 3.05. The number of hydrogen-bond donors (Lipinski definition) is 2. The predicted molar refractivity (Wildman–Crippen MR) is 81.4 cm³/mol. The maximum Gasteiger partial charge on any atom is 0.284 e. The van der Waals surface area contributed by atoms with Gasteiger partial charge in [0.05, 0.1) is 0 Å². The van der Waals surface area contributed by atoms with Gasteiger partial charge in [0.1, 0.15) is 0 Å². The standard InChI is InChI=1S/C15H17N3O2S/c1-9(10-3-2-4-10)16-13(19)11-5-7-12(8-6-11)14-17-18-15(21)20-14/h5-10H,2-4H2,1H3,(H,16,19)(H,18,21)/t9-/m1/s1. The van der Waals surface area contributed by atoms with Crippen LogP contribution in [-0.4, -0.2) is 22.1 Å². The zero-order valence-corrected chi connectivity index (χ0v) is 12.6. The van der Waals surface area contributed by atoms with Crippen LogP contribution in [0.5, 0.6) is 0 Å². The van der Waals surface area contributed by atoms with Crippen LogP contribution >= 0.6 is 12.2 Å². The third-order valence-electron chi connectivity index (χ3n) is 4.05. The Bertz CT molecular complexity index is 685. The van der Waals surface area contributed by atoms with Gasteiger partial charge in [-0.25, -0.2) is 5.10 Å². The molecule has 0 radical (unpaired) electrons. The Morgan fingerprint density at radius 2 is 2.14 bits per heavy atom. The van der Waals surface area contributed by atoms with Crippen LogP contribution in [0, 0.1) is 10.8 Å². The second kappa shape index (κ2) is 5.81. The molecular formula is C15H17N3O2S. The van der Waals surface area contributed by atoms with Gasteiger partial charge in [-0.1, -0.05) is 6.42 Å². The summed E-state index contributed by atoms with van der Waals surface area (Å²) in [5.41, 5.74) is 1.42. The summed E-state index contributed by atoms with van der Waals surface area (Å²) in [6, 6.07) is 7.38. The van der Waals surface area contributed by atoms with E-state index in [9.17, 15) is 4.79 Å². The first-order valence-electron chi connectivity index (χ1n) is 7.10. The first kappa shape index (κ1) is 14.0. The maximum atomic E-state index is 12.2. The minimum absolute atomic E-state index is 0.0381. The number of nitrogens with zero attached hydrogens (tertiary/aromatic N) is 1. The van der Waals surface area contributed by atoms with Crippen LogP contribution in [0.25, 0.3) is 11.5 Å². The summed E-state index contributed by atoms with van der Waals surface area (Å²) in [5.74, 6) is 1.01. The highest BCUT2D eigenvalue weighted by molar-refractivity contribution is 7.71. The molecular weight excluding hydrogens is 286 g/mol. The average Bonchev–Trinajstić information content (AvgIpc) is 2.83. The molecule has 6 heteroatoms. The van der Waals surface area contributed by atoms with Gasteiger partial charge in [0, 0.05) is 17.2 Å². The Morgan fingerprint density at radius 3 is 2.67 bits per heavy atom. The summed E-state index contributed by atoms with van der Waals surface area (Å²) in [4.78, 5) is 12.4. The Morgan fingerprint density at radius 1 is 1.43 bits per heavy atom. The van der Waals surface area contributed by atoms with Crippen molar-refractivity contribution in [3.63, 3.8) is 0 Å². The van der Waals surface area contributed by atoms with Gasteiger partial charge >= 0.3 is 0 Å². The normalized spacial score (nSPS) is 16.2. The van der Waals surface area contributed by atoms with Crippen LogP contribution in [0.2, 0.25) is 0 Å². The van der Waals surface area contributed by atoms with Crippen LogP contribution in [-0.2, 0) is 0 Å². The fraction of sp³-hybridized carbons (Fsp3) is 0.400. The molecule has 0 bridgehead atoms. The second-order valence-electron chi connectivity index (χ2n) is 5.45. The van der Waals surface area contributed by atoms with E-state index < -0.39 is 0 Å². The van der Waals surface area contributed by atoms with Crippen LogP contribution in [0.1, 0.15) is 36.5 Å². The van der Waals surface area contributed by atoms with Crippen LogP contribution in [0.3, 0.4) is 0 Å². The molecule has 1 saturated carbocycles. The number of aromatic amines is 1. The van der Waals surface area contributed by atoms with Crippen molar-refractivity contribution < 1.29 is 9.21 Å². The number of carbonyl (C=O) groups excluding carboxylic acids is 1. The number of rotatable bonds is 4. The molecule has 0 spiro atoms. The number of hydrogen-bond acceptors (Lipinski definition) is 4. The number of benzene rings is 1. The van der Waals surface area contributed by atoms with E-state index in [1.165, 1.54) is 19.3 Å². The largest absolute Gasteiger partial charge is 0.409 e. The highest BCUT2D eigenvalue weighted by atomic mass is 32.1. The van der Waals surface area contributed by atoms with Gasteiger partial charge in [-0.2, -0.15) is 0 Å². The molecule has 1 atom stereocenters. The van der Waals surface area contributed by atoms with Crippen molar-refractivity contribution in [1.82, 2.24) is 15.5 Å². The van der Waals surface area contributed by atoms with E-state index in [0.29, 0.717) is 17.4 Å². The first-order chi connectivity index (χ1) is 10.1.